The molecule has 0 aliphatic rings. The van der Waals surface area contributed by atoms with Gasteiger partial charge in [0.2, 0.25) is 0 Å². The van der Waals surface area contributed by atoms with Gasteiger partial charge in [-0.15, -0.1) is 10.2 Å². The maximum Gasteiger partial charge on any atom is 0.306 e. The zero-order chi connectivity index (χ0) is 12.7. The molecule has 0 radical (unpaired) electrons. The first kappa shape index (κ1) is 13.1. The number of nitrogens with zero attached hydrogens (tertiary/aromatic N) is 2. The number of esters is 1. The van der Waals surface area contributed by atoms with Crippen LogP contribution in [0.1, 0.15) is 31.9 Å². The minimum atomic E-state index is -0.240. The minimum absolute atomic E-state index is 0.240. The highest BCUT2D eigenvalue weighted by molar-refractivity contribution is 5.93. The van der Waals surface area contributed by atoms with Crippen molar-refractivity contribution in [3.8, 4) is 0 Å². The van der Waals surface area contributed by atoms with E-state index in [1.807, 2.05) is 0 Å². The van der Waals surface area contributed by atoms with E-state index >= 15 is 0 Å². The van der Waals surface area contributed by atoms with Crippen molar-refractivity contribution in [2.45, 2.75) is 26.7 Å². The van der Waals surface area contributed by atoms with Gasteiger partial charge in [-0.2, -0.15) is 0 Å². The summed E-state index contributed by atoms with van der Waals surface area (Å²) in [6, 6.07) is 0. The van der Waals surface area contributed by atoms with E-state index in [0.717, 1.165) is 0 Å². The van der Waals surface area contributed by atoms with Crippen molar-refractivity contribution in [2.24, 2.45) is 0 Å². The quantitative estimate of drug-likeness (QED) is 0.576. The van der Waals surface area contributed by atoms with Gasteiger partial charge in [0.25, 0.3) is 0 Å². The summed E-state index contributed by atoms with van der Waals surface area (Å²) in [6.07, 6.45) is 4.05. The predicted octanol–water partition coefficient (Wildman–Crippen LogP) is 1.35. The second kappa shape index (κ2) is 6.57. The first-order chi connectivity index (χ1) is 8.11. The van der Waals surface area contributed by atoms with Crippen LogP contribution in [0.2, 0.25) is 0 Å². The Kier molecular flexibility index (Phi) is 5.06. The standard InChI is InChI=1S/C11H16N4O2/c1-3-17-11(16)7-6-10-13-9(14-15-10)5-4-8(2)12/h4-5,12H,3,6-7H2,1-2H3,(H,13,14,15)/b5-4-,12-8?. The van der Waals surface area contributed by atoms with Gasteiger partial charge in [0.1, 0.15) is 5.82 Å². The van der Waals surface area contributed by atoms with Crippen LogP contribution < -0.4 is 0 Å². The zero-order valence-electron chi connectivity index (χ0n) is 9.99. The van der Waals surface area contributed by atoms with Gasteiger partial charge < -0.3 is 15.1 Å². The maximum absolute atomic E-state index is 11.1. The Balaban J connectivity index is 2.46. The Hall–Kier alpha value is -1.98. The third-order valence-electron chi connectivity index (χ3n) is 1.91. The Morgan fingerprint density at radius 2 is 2.29 bits per heavy atom. The fourth-order valence-corrected chi connectivity index (χ4v) is 1.16. The lowest BCUT2D eigenvalue weighted by Crippen LogP contribution is -2.05. The van der Waals surface area contributed by atoms with Gasteiger partial charge in [-0.3, -0.25) is 4.79 Å². The van der Waals surface area contributed by atoms with E-state index in [4.69, 9.17) is 10.1 Å². The summed E-state index contributed by atoms with van der Waals surface area (Å²) in [5, 5.41) is 15.0. The average molecular weight is 236 g/mol. The molecule has 17 heavy (non-hydrogen) atoms. The minimum Gasteiger partial charge on any atom is -0.466 e. The monoisotopic (exact) mass is 236 g/mol. The predicted molar refractivity (Wildman–Crippen MR) is 63.8 cm³/mol. The molecule has 92 valence electrons. The largest absolute Gasteiger partial charge is 0.466 e. The van der Waals surface area contributed by atoms with Gasteiger partial charge >= 0.3 is 5.97 Å². The number of nitrogens with one attached hydrogen (secondary N) is 2. The summed E-state index contributed by atoms with van der Waals surface area (Å²) >= 11 is 0. The van der Waals surface area contributed by atoms with Crippen LogP contribution in [-0.4, -0.2) is 33.5 Å². The summed E-state index contributed by atoms with van der Waals surface area (Å²) in [6.45, 7) is 3.84. The Morgan fingerprint density at radius 3 is 2.94 bits per heavy atom. The summed E-state index contributed by atoms with van der Waals surface area (Å²) < 4.78 is 4.81. The molecule has 0 saturated heterocycles. The molecular weight excluding hydrogens is 220 g/mol. The van der Waals surface area contributed by atoms with Crippen LogP contribution in [0.25, 0.3) is 6.08 Å². The van der Waals surface area contributed by atoms with E-state index in [-0.39, 0.29) is 12.4 Å². The van der Waals surface area contributed by atoms with Gasteiger partial charge in [-0.05, 0) is 26.0 Å². The molecule has 0 bridgehead atoms. The molecule has 2 N–H and O–H groups in total. The van der Waals surface area contributed by atoms with Crippen LogP contribution in [0.3, 0.4) is 0 Å². The number of allylic oxidation sites excluding steroid dienone is 1. The third-order valence-corrected chi connectivity index (χ3v) is 1.91. The molecule has 0 fully saturated rings. The van der Waals surface area contributed by atoms with Crippen LogP contribution >= 0.6 is 0 Å². The second-order valence-electron chi connectivity index (χ2n) is 3.48. The Bertz CT molecular complexity index is 423. The number of carbonyl (C=O) groups excluding carboxylic acids is 1. The lowest BCUT2D eigenvalue weighted by atomic mass is 10.3. The Morgan fingerprint density at radius 1 is 1.53 bits per heavy atom. The summed E-state index contributed by atoms with van der Waals surface area (Å²) in [7, 11) is 0. The maximum atomic E-state index is 11.1. The molecule has 0 aromatic carbocycles. The summed E-state index contributed by atoms with van der Waals surface area (Å²) in [5.74, 6) is 0.979. The van der Waals surface area contributed by atoms with Crippen molar-refractivity contribution in [3.05, 3.63) is 17.7 Å². The fraction of sp³-hybridized carbons (Fsp3) is 0.455. The number of aryl methyl sites for hydroxylation is 1. The van der Waals surface area contributed by atoms with Gasteiger partial charge in [0.15, 0.2) is 5.82 Å². The van der Waals surface area contributed by atoms with E-state index in [1.165, 1.54) is 0 Å². The van der Waals surface area contributed by atoms with Crippen molar-refractivity contribution in [1.29, 1.82) is 5.41 Å². The molecule has 1 aromatic rings. The first-order valence-electron chi connectivity index (χ1n) is 5.42. The van der Waals surface area contributed by atoms with E-state index in [9.17, 15) is 4.79 Å². The zero-order valence-corrected chi connectivity index (χ0v) is 9.99. The van der Waals surface area contributed by atoms with Crippen molar-refractivity contribution in [1.82, 2.24) is 15.2 Å². The van der Waals surface area contributed by atoms with Crippen molar-refractivity contribution in [3.63, 3.8) is 0 Å². The van der Waals surface area contributed by atoms with Crippen LogP contribution in [0.5, 0.6) is 0 Å². The average Bonchev–Trinajstić information content (AvgIpc) is 2.72. The molecular formula is C11H16N4O2. The Labute approximate surface area is 99.6 Å². The molecule has 0 saturated carbocycles. The van der Waals surface area contributed by atoms with Crippen LogP contribution in [0, 0.1) is 5.41 Å². The van der Waals surface area contributed by atoms with E-state index in [1.54, 1.807) is 26.0 Å². The number of hydrogen-bond donors (Lipinski definition) is 2. The third kappa shape index (κ3) is 5.05. The lowest BCUT2D eigenvalue weighted by Gasteiger charge is -1.98. The lowest BCUT2D eigenvalue weighted by molar-refractivity contribution is -0.143. The molecule has 0 spiro atoms. The highest BCUT2D eigenvalue weighted by Crippen LogP contribution is 2.00. The first-order valence-corrected chi connectivity index (χ1v) is 5.42. The fourth-order valence-electron chi connectivity index (χ4n) is 1.16. The van der Waals surface area contributed by atoms with Gasteiger partial charge in [-0.25, -0.2) is 0 Å². The van der Waals surface area contributed by atoms with E-state index in [0.29, 0.717) is 30.4 Å². The molecule has 1 heterocycles. The molecule has 0 aliphatic carbocycles. The van der Waals surface area contributed by atoms with Crippen LogP contribution in [0.4, 0.5) is 0 Å². The molecule has 0 amide bonds. The molecule has 0 aliphatic heterocycles. The smallest absolute Gasteiger partial charge is 0.306 e. The van der Waals surface area contributed by atoms with Crippen molar-refractivity contribution < 1.29 is 9.53 Å². The molecule has 1 aromatic heterocycles. The normalized spacial score (nSPS) is 10.7. The molecule has 0 unspecified atom stereocenters. The van der Waals surface area contributed by atoms with E-state index < -0.39 is 0 Å². The van der Waals surface area contributed by atoms with Crippen molar-refractivity contribution >= 4 is 17.8 Å². The van der Waals surface area contributed by atoms with Gasteiger partial charge in [0.05, 0.1) is 13.0 Å². The van der Waals surface area contributed by atoms with Gasteiger partial charge in [0, 0.05) is 12.1 Å². The number of carbonyl (C=O) groups is 1. The molecule has 6 heteroatoms. The molecule has 0 atom stereocenters. The highest BCUT2D eigenvalue weighted by Gasteiger charge is 2.05. The summed E-state index contributed by atoms with van der Waals surface area (Å²) in [4.78, 5) is 14.1. The summed E-state index contributed by atoms with van der Waals surface area (Å²) in [5.41, 5.74) is 0.439. The number of aromatic amines is 1. The number of H-pyrrole nitrogens is 1. The SMILES string of the molecule is CCOC(=O)CCc1nnc(/C=C\C(C)=N)[nH]1. The second-order valence-corrected chi connectivity index (χ2v) is 3.48. The van der Waals surface area contributed by atoms with E-state index in [2.05, 4.69) is 15.2 Å². The highest BCUT2D eigenvalue weighted by atomic mass is 16.5. The topological polar surface area (TPSA) is 91.7 Å². The van der Waals surface area contributed by atoms with Crippen LogP contribution in [0.15, 0.2) is 6.08 Å². The molecule has 1 rings (SSSR count). The van der Waals surface area contributed by atoms with Gasteiger partial charge in [-0.1, -0.05) is 0 Å². The molecule has 6 nitrogen and oxygen atoms in total. The number of ether oxygens (including phenoxy) is 1. The number of hydrogen-bond acceptors (Lipinski definition) is 5. The number of aromatic nitrogens is 3. The number of rotatable bonds is 6. The van der Waals surface area contributed by atoms with Crippen molar-refractivity contribution in [2.75, 3.05) is 6.61 Å². The van der Waals surface area contributed by atoms with Crippen LogP contribution in [-0.2, 0) is 16.0 Å².